The number of rotatable bonds is 3. The fourth-order valence-electron chi connectivity index (χ4n) is 1.87. The van der Waals surface area contributed by atoms with Crippen molar-refractivity contribution in [2.75, 3.05) is 0 Å². The van der Waals surface area contributed by atoms with E-state index in [2.05, 4.69) is 10.3 Å². The largest absolute Gasteiger partial charge is 0.351 e. The van der Waals surface area contributed by atoms with Crippen LogP contribution in [0, 0.1) is 4.77 Å². The van der Waals surface area contributed by atoms with Gasteiger partial charge in [0.05, 0.1) is 5.39 Å². The number of H-pyrrole nitrogens is 1. The molecule has 108 valence electrons. The molecule has 2 aromatic heterocycles. The van der Waals surface area contributed by atoms with Crippen LogP contribution in [-0.4, -0.2) is 21.0 Å². The standard InChI is InChI=1S/C13H17N3O2S2/c1-13(2,3)15-9(17)4-6-16-11(18)8-5-7-20-10(8)14-12(16)19/h5,7H,4,6H2,1-3H3,(H,14,19)(H,15,17). The van der Waals surface area contributed by atoms with Crippen LogP contribution in [-0.2, 0) is 11.3 Å². The first-order chi connectivity index (χ1) is 9.28. The number of nitrogens with zero attached hydrogens (tertiary/aromatic N) is 1. The van der Waals surface area contributed by atoms with E-state index in [0.717, 1.165) is 4.83 Å². The molecule has 0 saturated carbocycles. The van der Waals surface area contributed by atoms with Gasteiger partial charge in [0.2, 0.25) is 5.91 Å². The highest BCUT2D eigenvalue weighted by Gasteiger charge is 2.14. The van der Waals surface area contributed by atoms with Crippen molar-refractivity contribution in [1.29, 1.82) is 0 Å². The maximum atomic E-state index is 12.3. The summed E-state index contributed by atoms with van der Waals surface area (Å²) >= 11 is 6.62. The van der Waals surface area contributed by atoms with Crippen molar-refractivity contribution in [3.05, 3.63) is 26.6 Å². The molecule has 5 nitrogen and oxygen atoms in total. The molecule has 2 heterocycles. The van der Waals surface area contributed by atoms with Crippen LogP contribution < -0.4 is 10.9 Å². The SMILES string of the molecule is CC(C)(C)NC(=O)CCn1c(=S)[nH]c2sccc2c1=O. The molecule has 0 aliphatic rings. The number of fused-ring (bicyclic) bond motifs is 1. The van der Waals surface area contributed by atoms with Crippen molar-refractivity contribution >= 4 is 39.7 Å². The fourth-order valence-corrected chi connectivity index (χ4v) is 2.99. The van der Waals surface area contributed by atoms with Crippen molar-refractivity contribution in [2.24, 2.45) is 0 Å². The summed E-state index contributed by atoms with van der Waals surface area (Å²) in [5.74, 6) is -0.0933. The Labute approximate surface area is 125 Å². The van der Waals surface area contributed by atoms with Crippen LogP contribution in [0.15, 0.2) is 16.2 Å². The van der Waals surface area contributed by atoms with Crippen molar-refractivity contribution < 1.29 is 4.79 Å². The number of carbonyl (C=O) groups is 1. The van der Waals surface area contributed by atoms with Crippen LogP contribution in [0.1, 0.15) is 27.2 Å². The molecule has 0 fully saturated rings. The Balaban J connectivity index is 2.20. The highest BCUT2D eigenvalue weighted by atomic mass is 32.1. The van der Waals surface area contributed by atoms with Gasteiger partial charge in [-0.25, -0.2) is 0 Å². The molecule has 0 saturated heterocycles. The summed E-state index contributed by atoms with van der Waals surface area (Å²) in [6.45, 7) is 6.03. The zero-order chi connectivity index (χ0) is 14.9. The summed E-state index contributed by atoms with van der Waals surface area (Å²) in [6.07, 6.45) is 0.226. The molecular formula is C13H17N3O2S2. The van der Waals surface area contributed by atoms with Gasteiger partial charge in [0.1, 0.15) is 4.83 Å². The quantitative estimate of drug-likeness (QED) is 0.856. The molecule has 0 radical (unpaired) electrons. The molecule has 0 atom stereocenters. The number of aromatic amines is 1. The lowest BCUT2D eigenvalue weighted by Crippen LogP contribution is -2.41. The molecule has 0 aliphatic carbocycles. The molecule has 0 bridgehead atoms. The highest BCUT2D eigenvalue weighted by molar-refractivity contribution is 7.71. The smallest absolute Gasteiger partial charge is 0.263 e. The molecule has 1 amide bonds. The Kier molecular flexibility index (Phi) is 4.10. The average Bonchev–Trinajstić information content (AvgIpc) is 2.74. The minimum Gasteiger partial charge on any atom is -0.351 e. The Hall–Kier alpha value is -1.47. The van der Waals surface area contributed by atoms with Gasteiger partial charge in [0.15, 0.2) is 4.77 Å². The molecule has 0 unspecified atom stereocenters. The maximum absolute atomic E-state index is 12.3. The van der Waals surface area contributed by atoms with Gasteiger partial charge in [-0.1, -0.05) is 0 Å². The number of carbonyl (C=O) groups excluding carboxylic acids is 1. The topological polar surface area (TPSA) is 66.9 Å². The summed E-state index contributed by atoms with van der Waals surface area (Å²) in [6, 6.07) is 1.76. The van der Waals surface area contributed by atoms with E-state index in [1.807, 2.05) is 26.2 Å². The number of nitrogens with one attached hydrogen (secondary N) is 2. The summed E-state index contributed by atoms with van der Waals surface area (Å²) in [5.41, 5.74) is -0.420. The second kappa shape index (κ2) is 5.49. The van der Waals surface area contributed by atoms with Crippen molar-refractivity contribution in [2.45, 2.75) is 39.3 Å². The predicted octanol–water partition coefficient (Wildman–Crippen LogP) is 2.43. The van der Waals surface area contributed by atoms with E-state index in [0.29, 0.717) is 10.2 Å². The van der Waals surface area contributed by atoms with Crippen LogP contribution in [0.3, 0.4) is 0 Å². The monoisotopic (exact) mass is 311 g/mol. The Morgan fingerprint density at radius 1 is 1.50 bits per heavy atom. The zero-order valence-electron chi connectivity index (χ0n) is 11.6. The molecule has 0 aromatic carbocycles. The van der Waals surface area contributed by atoms with Crippen molar-refractivity contribution in [3.8, 4) is 0 Å². The normalized spacial score (nSPS) is 11.8. The number of amides is 1. The predicted molar refractivity (Wildman–Crippen MR) is 83.8 cm³/mol. The van der Waals surface area contributed by atoms with Gasteiger partial charge in [-0.15, -0.1) is 11.3 Å². The third kappa shape index (κ3) is 3.34. The summed E-state index contributed by atoms with van der Waals surface area (Å²) < 4.78 is 1.79. The summed E-state index contributed by atoms with van der Waals surface area (Å²) in [7, 11) is 0. The maximum Gasteiger partial charge on any atom is 0.263 e. The third-order valence-corrected chi connectivity index (χ3v) is 3.84. The fraction of sp³-hybridized carbons (Fsp3) is 0.462. The second-order valence-corrected chi connectivity index (χ2v) is 6.90. The lowest BCUT2D eigenvalue weighted by atomic mass is 10.1. The second-order valence-electron chi connectivity index (χ2n) is 5.60. The molecule has 2 N–H and O–H groups in total. The van der Waals surface area contributed by atoms with Crippen LogP contribution in [0.2, 0.25) is 0 Å². The Morgan fingerprint density at radius 3 is 2.85 bits per heavy atom. The number of aromatic nitrogens is 2. The molecule has 2 rings (SSSR count). The van der Waals surface area contributed by atoms with Crippen LogP contribution in [0.25, 0.3) is 10.2 Å². The Morgan fingerprint density at radius 2 is 2.20 bits per heavy atom. The van der Waals surface area contributed by atoms with Crippen LogP contribution >= 0.6 is 23.6 Å². The van der Waals surface area contributed by atoms with Crippen molar-refractivity contribution in [3.63, 3.8) is 0 Å². The van der Waals surface area contributed by atoms with Crippen molar-refractivity contribution in [1.82, 2.24) is 14.9 Å². The van der Waals surface area contributed by atoms with Gasteiger partial charge in [-0.2, -0.15) is 0 Å². The zero-order valence-corrected chi connectivity index (χ0v) is 13.3. The number of thiophene rings is 1. The summed E-state index contributed by atoms with van der Waals surface area (Å²) in [5, 5.41) is 5.32. The van der Waals surface area contributed by atoms with Crippen LogP contribution in [0.5, 0.6) is 0 Å². The number of hydrogen-bond donors (Lipinski definition) is 2. The molecular weight excluding hydrogens is 294 g/mol. The lowest BCUT2D eigenvalue weighted by Gasteiger charge is -2.20. The minimum atomic E-state index is -0.276. The van der Waals surface area contributed by atoms with E-state index >= 15 is 0 Å². The Bertz CT molecular complexity index is 749. The molecule has 2 aromatic rings. The summed E-state index contributed by atoms with van der Waals surface area (Å²) in [4.78, 5) is 27.8. The van der Waals surface area contributed by atoms with E-state index in [4.69, 9.17) is 12.2 Å². The lowest BCUT2D eigenvalue weighted by molar-refractivity contribution is -0.122. The van der Waals surface area contributed by atoms with Gasteiger partial charge in [-0.05, 0) is 44.4 Å². The van der Waals surface area contributed by atoms with Gasteiger partial charge in [0.25, 0.3) is 5.56 Å². The van der Waals surface area contributed by atoms with E-state index in [9.17, 15) is 9.59 Å². The van der Waals surface area contributed by atoms with Gasteiger partial charge >= 0.3 is 0 Å². The highest BCUT2D eigenvalue weighted by Crippen LogP contribution is 2.14. The third-order valence-electron chi connectivity index (χ3n) is 2.68. The first-order valence-corrected chi connectivity index (χ1v) is 7.58. The molecule has 7 heteroatoms. The van der Waals surface area contributed by atoms with Gasteiger partial charge < -0.3 is 10.3 Å². The number of hydrogen-bond acceptors (Lipinski definition) is 4. The minimum absolute atomic E-state index is 0.0933. The van der Waals surface area contributed by atoms with Gasteiger partial charge in [-0.3, -0.25) is 14.2 Å². The molecule has 20 heavy (non-hydrogen) atoms. The van der Waals surface area contributed by atoms with E-state index < -0.39 is 0 Å². The van der Waals surface area contributed by atoms with Gasteiger partial charge in [0, 0.05) is 18.5 Å². The molecule has 0 spiro atoms. The van der Waals surface area contributed by atoms with E-state index in [1.165, 1.54) is 15.9 Å². The van der Waals surface area contributed by atoms with E-state index in [-0.39, 0.29) is 30.0 Å². The first-order valence-electron chi connectivity index (χ1n) is 6.29. The average molecular weight is 311 g/mol. The van der Waals surface area contributed by atoms with Crippen LogP contribution in [0.4, 0.5) is 0 Å². The molecule has 0 aliphatic heterocycles. The van der Waals surface area contributed by atoms with E-state index in [1.54, 1.807) is 6.07 Å². The first kappa shape index (κ1) is 14.9.